The molecule has 78 heavy (non-hydrogen) atoms. The van der Waals surface area contributed by atoms with Crippen LogP contribution in [-0.4, -0.2) is 29.5 Å². The van der Waals surface area contributed by atoms with Gasteiger partial charge in [-0.25, -0.2) is 4.79 Å². The first kappa shape index (κ1) is 61.6. The number of nitrogens with zero attached hydrogens (tertiary/aromatic N) is 2. The number of esters is 1. The smallest absolute Gasteiger partial charge is 0.416 e. The van der Waals surface area contributed by atoms with Gasteiger partial charge in [0, 0.05) is 5.56 Å². The van der Waals surface area contributed by atoms with Crippen molar-refractivity contribution in [1.29, 1.82) is 0 Å². The quantitative estimate of drug-likeness (QED) is 0.0451. The van der Waals surface area contributed by atoms with Gasteiger partial charge in [-0.15, -0.1) is 0 Å². The number of ketones is 1. The van der Waals surface area contributed by atoms with Gasteiger partial charge in [0.25, 0.3) is 0 Å². The lowest BCUT2D eigenvalue weighted by atomic mass is 9.12. The van der Waals surface area contributed by atoms with Gasteiger partial charge in [0.15, 0.2) is 6.20 Å². The summed E-state index contributed by atoms with van der Waals surface area (Å²) in [6.07, 6.45) is -49.5. The summed E-state index contributed by atoms with van der Waals surface area (Å²) >= 11 is 0. The predicted molar refractivity (Wildman–Crippen MR) is 226 cm³/mol. The molecule has 1 heterocycles. The molecule has 0 amide bonds. The van der Waals surface area contributed by atoms with Crippen LogP contribution in [0.5, 0.6) is 0 Å². The van der Waals surface area contributed by atoms with E-state index in [1.807, 2.05) is 13.0 Å². The highest BCUT2D eigenvalue weighted by Crippen LogP contribution is 2.41. The zero-order chi connectivity index (χ0) is 59.0. The molecule has 30 heteroatoms. The van der Waals surface area contributed by atoms with E-state index in [4.69, 9.17) is 4.74 Å². The molecule has 0 saturated heterocycles. The molecule has 5 aromatic carbocycles. The topological polar surface area (TPSA) is 60.1 Å². The average Bonchev–Trinajstić information content (AvgIpc) is 3.40. The number of carbonyl (C=O) groups excluding carboxylic acids is 2. The number of ether oxygens (including phenoxy) is 1. The summed E-state index contributed by atoms with van der Waals surface area (Å²) in [6, 6.07) is 0.152. The molecule has 0 spiro atoms. The average molecular weight is 1150 g/mol. The lowest BCUT2D eigenvalue weighted by Crippen LogP contribution is -2.75. The van der Waals surface area contributed by atoms with Gasteiger partial charge < -0.3 is 4.74 Å². The highest BCUT2D eigenvalue weighted by molar-refractivity contribution is 7.20. The highest BCUT2D eigenvalue weighted by Gasteiger charge is 2.47. The molecule has 6 rings (SSSR count). The summed E-state index contributed by atoms with van der Waals surface area (Å²) in [5, 5.41) is 0. The Morgan fingerprint density at radius 1 is 0.449 bits per heavy atom. The maximum atomic E-state index is 14.2. The van der Waals surface area contributed by atoms with Gasteiger partial charge in [-0.1, -0.05) is 85.8 Å². The minimum Gasteiger partial charge on any atom is -0.458 e. The molecule has 0 aliphatic carbocycles. The molecule has 0 bridgehead atoms. The molecule has 0 saturated carbocycles. The van der Waals surface area contributed by atoms with Crippen LogP contribution in [0.15, 0.2) is 122 Å². The van der Waals surface area contributed by atoms with E-state index in [0.29, 0.717) is 12.2 Å². The molecule has 0 radical (unpaired) electrons. The van der Waals surface area contributed by atoms with Crippen LogP contribution >= 0.6 is 0 Å². The summed E-state index contributed by atoms with van der Waals surface area (Å²) in [5.74, 6) is -0.540. The van der Waals surface area contributed by atoms with Crippen LogP contribution in [0.25, 0.3) is 0 Å². The van der Waals surface area contributed by atoms with Crippen LogP contribution in [0, 0.1) is 0 Å². The lowest BCUT2D eigenvalue weighted by Gasteiger charge is -2.46. The molecule has 0 atom stereocenters. The molecule has 0 unspecified atom stereocenters. The van der Waals surface area contributed by atoms with Crippen molar-refractivity contribution in [2.45, 2.75) is 69.3 Å². The van der Waals surface area contributed by atoms with Gasteiger partial charge in [0.2, 0.25) is 12.3 Å². The molecule has 0 fully saturated rings. The maximum absolute atomic E-state index is 14.2. The Balaban J connectivity index is 0.000000443. The number of Topliss-reactive ketones (excluding diaryl/α,β-unsaturated/α-hetero) is 1. The Hall–Kier alpha value is -7.30. The zero-order valence-electron chi connectivity index (χ0n) is 38.4. The van der Waals surface area contributed by atoms with Crippen molar-refractivity contribution in [2.24, 2.45) is 0 Å². The number of halogens is 24. The van der Waals surface area contributed by atoms with Crippen LogP contribution in [0.4, 0.5) is 105 Å². The number of benzene rings is 5. The largest absolute Gasteiger partial charge is 0.458 e. The molecular weight excluding hydrogens is 1120 g/mol. The van der Waals surface area contributed by atoms with E-state index in [9.17, 15) is 115 Å². The van der Waals surface area contributed by atoms with Gasteiger partial charge in [-0.3, -0.25) is 9.78 Å². The zero-order valence-corrected chi connectivity index (χ0v) is 38.4. The molecule has 0 aliphatic rings. The molecular formula is C48H29BF24N2O3. The van der Waals surface area contributed by atoms with Crippen LogP contribution in [0.1, 0.15) is 78.7 Å². The van der Waals surface area contributed by atoms with E-state index in [0.717, 1.165) is 6.42 Å². The number of hydrogen-bond donors (Lipinski definition) is 0. The minimum atomic E-state index is -6.13. The monoisotopic (exact) mass is 1150 g/mol. The van der Waals surface area contributed by atoms with Gasteiger partial charge in [0.05, 0.1) is 57.3 Å². The van der Waals surface area contributed by atoms with Crippen molar-refractivity contribution >= 4 is 39.7 Å². The Morgan fingerprint density at radius 2 is 0.731 bits per heavy atom. The summed E-state index contributed by atoms with van der Waals surface area (Å²) in [6.45, 7) is 2.34. The fraction of sp³-hybridized carbons (Fsp3) is 0.250. The van der Waals surface area contributed by atoms with Gasteiger partial charge in [-0.05, 0) is 30.7 Å². The second-order valence-corrected chi connectivity index (χ2v) is 16.7. The first-order valence-electron chi connectivity index (χ1n) is 21.4. The van der Waals surface area contributed by atoms with Crippen molar-refractivity contribution in [2.75, 3.05) is 6.61 Å². The lowest BCUT2D eigenvalue weighted by molar-refractivity contribution is -0.686. The van der Waals surface area contributed by atoms with E-state index in [2.05, 4.69) is 4.98 Å². The van der Waals surface area contributed by atoms with E-state index in [1.54, 1.807) is 35.0 Å². The minimum absolute atomic E-state index is 0.0725. The summed E-state index contributed by atoms with van der Waals surface area (Å²) in [7, 11) is 0. The molecule has 420 valence electrons. The third-order valence-corrected chi connectivity index (χ3v) is 11.3. The Morgan fingerprint density at radius 3 is 0.987 bits per heavy atom. The van der Waals surface area contributed by atoms with Crippen molar-refractivity contribution in [3.63, 3.8) is 0 Å². The van der Waals surface area contributed by atoms with Crippen LogP contribution in [0.3, 0.4) is 0 Å². The molecule has 0 N–H and O–H groups in total. The second-order valence-electron chi connectivity index (χ2n) is 16.7. The predicted octanol–water partition coefficient (Wildman–Crippen LogP) is 13.0. The number of rotatable bonds is 10. The fourth-order valence-corrected chi connectivity index (χ4v) is 7.90. The number of aromatic nitrogens is 2. The highest BCUT2D eigenvalue weighted by atomic mass is 19.4. The molecule has 1 aromatic heterocycles. The number of carbonyl (C=O) groups is 2. The summed E-state index contributed by atoms with van der Waals surface area (Å²) in [4.78, 5) is 28.1. The van der Waals surface area contributed by atoms with Crippen LogP contribution in [-0.2, 0) is 60.7 Å². The van der Waals surface area contributed by atoms with Crippen molar-refractivity contribution < 1.29 is 124 Å². The van der Waals surface area contributed by atoms with E-state index >= 15 is 0 Å². The summed E-state index contributed by atoms with van der Waals surface area (Å²) < 4.78 is 347. The van der Waals surface area contributed by atoms with Gasteiger partial charge in [0.1, 0.15) is 12.3 Å². The Labute approximate surface area is 422 Å². The first-order valence-corrected chi connectivity index (χ1v) is 21.4. The molecule has 0 aliphatic heterocycles. The molecule has 5 nitrogen and oxygen atoms in total. The van der Waals surface area contributed by atoms with Gasteiger partial charge in [-0.2, -0.15) is 132 Å². The standard InChI is InChI=1S/C32H12BF24.C16H17N2O3/c34-25(35,36)13-1-14(26(37,38)39)6-21(5-13)33(22-7-15(27(40,41)42)2-16(8-22)28(43,44)45,23-9-17(29(46,47)48)3-18(10-23)30(49,50)51)24-11-19(31(52,53)54)4-20(12-24)32(55,56)57;1-2-10-21-16(20)14-11-17-8-9-18(14)12-15(19)13-6-4-3-5-7-13/h1-12H;3-9,11H,2,10,12H2,1H3/q-1;+1. The number of hydrogen-bond acceptors (Lipinski definition) is 4. The third kappa shape index (κ3) is 14.4. The van der Waals surface area contributed by atoms with E-state index in [-0.39, 0.29) is 18.0 Å². The Bertz CT molecular complexity index is 2700. The first-order chi connectivity index (χ1) is 35.5. The number of alkyl halides is 24. The van der Waals surface area contributed by atoms with Gasteiger partial charge >= 0.3 is 61.1 Å². The second kappa shape index (κ2) is 21.9. The maximum Gasteiger partial charge on any atom is 0.416 e. The van der Waals surface area contributed by atoms with Crippen LogP contribution < -0.4 is 26.4 Å². The molecule has 6 aromatic rings. The summed E-state index contributed by atoms with van der Waals surface area (Å²) in [5.41, 5.74) is -29.3. The Kier molecular flexibility index (Phi) is 17.2. The third-order valence-electron chi connectivity index (χ3n) is 11.3. The SMILES string of the molecule is CCCOC(=O)c1cncc[n+]1CC(=O)c1ccccc1.FC(F)(F)c1cc([B-](c2cc(C(F)(F)F)cc(C(F)(F)F)c2)(c2cc(C(F)(F)F)cc(C(F)(F)F)c2)c2cc(C(F)(F)F)cc(C(F)(F)F)c2)cc(C(F)(F)F)c1. The van der Waals surface area contributed by atoms with E-state index in [1.165, 1.54) is 12.4 Å². The van der Waals surface area contributed by atoms with E-state index < -0.39 is 201 Å². The normalized spacial score (nSPS) is 13.2. The van der Waals surface area contributed by atoms with Crippen molar-refractivity contribution in [3.05, 3.63) is 177 Å². The van der Waals surface area contributed by atoms with Crippen molar-refractivity contribution in [3.8, 4) is 0 Å². The fourth-order valence-electron chi connectivity index (χ4n) is 7.90. The van der Waals surface area contributed by atoms with Crippen molar-refractivity contribution in [1.82, 2.24) is 4.98 Å². The van der Waals surface area contributed by atoms with Crippen LogP contribution in [0.2, 0.25) is 0 Å².